The summed E-state index contributed by atoms with van der Waals surface area (Å²) in [6.07, 6.45) is 0. The van der Waals surface area contributed by atoms with Crippen molar-refractivity contribution in [2.75, 3.05) is 12.4 Å². The predicted molar refractivity (Wildman–Crippen MR) is 84.4 cm³/mol. The minimum absolute atomic E-state index is 0.0390. The van der Waals surface area contributed by atoms with Crippen molar-refractivity contribution in [3.05, 3.63) is 57.6 Å². The second kappa shape index (κ2) is 6.68. The van der Waals surface area contributed by atoms with Crippen molar-refractivity contribution in [2.24, 2.45) is 0 Å². The summed E-state index contributed by atoms with van der Waals surface area (Å²) in [7, 11) is 1.33. The van der Waals surface area contributed by atoms with Gasteiger partial charge in [0, 0.05) is 0 Å². The third-order valence-corrected chi connectivity index (χ3v) is 3.72. The van der Waals surface area contributed by atoms with E-state index in [0.717, 1.165) is 0 Å². The van der Waals surface area contributed by atoms with Gasteiger partial charge in [-0.15, -0.1) is 0 Å². The summed E-state index contributed by atoms with van der Waals surface area (Å²) < 4.78 is 4.98. The van der Waals surface area contributed by atoms with Gasteiger partial charge in [-0.05, 0) is 24.3 Å². The molecule has 5 nitrogen and oxygen atoms in total. The summed E-state index contributed by atoms with van der Waals surface area (Å²) in [4.78, 5) is 23.7. The fourth-order valence-corrected chi connectivity index (χ4v) is 2.25. The van der Waals surface area contributed by atoms with Crippen molar-refractivity contribution in [1.29, 1.82) is 0 Å². The minimum atomic E-state index is -1.26. The van der Waals surface area contributed by atoms with Gasteiger partial charge in [-0.2, -0.15) is 0 Å². The maximum atomic E-state index is 12.3. The molecule has 22 heavy (non-hydrogen) atoms. The standard InChI is InChI=1S/C15H11Cl2NO4/c1-22-11-7-2-4-8(12(11)15(20)21)14(19)18-10-6-3-5-9(16)13(10)17/h2-7H,1H3,(H,18,19)(H,20,21). The molecular formula is C15H11Cl2NO4. The lowest BCUT2D eigenvalue weighted by Crippen LogP contribution is -2.17. The number of hydrogen-bond acceptors (Lipinski definition) is 3. The highest BCUT2D eigenvalue weighted by molar-refractivity contribution is 6.44. The number of benzene rings is 2. The van der Waals surface area contributed by atoms with E-state index in [-0.39, 0.29) is 26.9 Å². The van der Waals surface area contributed by atoms with Crippen LogP contribution in [0.15, 0.2) is 36.4 Å². The number of amides is 1. The predicted octanol–water partition coefficient (Wildman–Crippen LogP) is 3.95. The zero-order valence-electron chi connectivity index (χ0n) is 11.4. The summed E-state index contributed by atoms with van der Waals surface area (Å²) in [5.74, 6) is -1.79. The number of hydrogen-bond donors (Lipinski definition) is 2. The van der Waals surface area contributed by atoms with Gasteiger partial charge in [0.2, 0.25) is 0 Å². The maximum absolute atomic E-state index is 12.3. The van der Waals surface area contributed by atoms with E-state index >= 15 is 0 Å². The van der Waals surface area contributed by atoms with Gasteiger partial charge < -0.3 is 15.2 Å². The SMILES string of the molecule is COc1cccc(C(=O)Nc2cccc(Cl)c2Cl)c1C(=O)O. The molecule has 0 unspecified atom stereocenters. The van der Waals surface area contributed by atoms with Gasteiger partial charge in [-0.3, -0.25) is 4.79 Å². The molecule has 2 aromatic rings. The quantitative estimate of drug-likeness (QED) is 0.884. The van der Waals surface area contributed by atoms with Crippen LogP contribution in [-0.2, 0) is 0 Å². The lowest BCUT2D eigenvalue weighted by molar-refractivity contribution is 0.0689. The van der Waals surface area contributed by atoms with Crippen LogP contribution < -0.4 is 10.1 Å². The fraction of sp³-hybridized carbons (Fsp3) is 0.0667. The van der Waals surface area contributed by atoms with Gasteiger partial charge in [-0.25, -0.2) is 4.79 Å². The second-order valence-electron chi connectivity index (χ2n) is 4.24. The molecule has 1 amide bonds. The number of nitrogens with one attached hydrogen (secondary N) is 1. The molecule has 0 spiro atoms. The molecule has 7 heteroatoms. The van der Waals surface area contributed by atoms with Gasteiger partial charge in [0.15, 0.2) is 0 Å². The van der Waals surface area contributed by atoms with Crippen LogP contribution in [0.2, 0.25) is 10.0 Å². The highest BCUT2D eigenvalue weighted by Crippen LogP contribution is 2.30. The first-order chi connectivity index (χ1) is 10.5. The van der Waals surface area contributed by atoms with E-state index in [2.05, 4.69) is 5.32 Å². The summed E-state index contributed by atoms with van der Waals surface area (Å²) in [5, 5.41) is 12.3. The van der Waals surface area contributed by atoms with Gasteiger partial charge >= 0.3 is 5.97 Å². The Bertz CT molecular complexity index is 746. The molecule has 0 atom stereocenters. The Morgan fingerprint density at radius 1 is 1.14 bits per heavy atom. The Labute approximate surface area is 136 Å². The number of methoxy groups -OCH3 is 1. The van der Waals surface area contributed by atoms with Crippen LogP contribution in [0.4, 0.5) is 5.69 Å². The average Bonchev–Trinajstić information content (AvgIpc) is 2.50. The molecular weight excluding hydrogens is 329 g/mol. The molecule has 2 aromatic carbocycles. The molecule has 0 fully saturated rings. The lowest BCUT2D eigenvalue weighted by Gasteiger charge is -2.12. The number of aromatic carboxylic acids is 1. The Morgan fingerprint density at radius 3 is 2.45 bits per heavy atom. The zero-order valence-corrected chi connectivity index (χ0v) is 12.9. The maximum Gasteiger partial charge on any atom is 0.340 e. The Hall–Kier alpha value is -2.24. The van der Waals surface area contributed by atoms with Crippen molar-refractivity contribution in [3.8, 4) is 5.75 Å². The Morgan fingerprint density at radius 2 is 1.82 bits per heavy atom. The highest BCUT2D eigenvalue weighted by atomic mass is 35.5. The summed E-state index contributed by atoms with van der Waals surface area (Å²) in [6, 6.07) is 9.14. The summed E-state index contributed by atoms with van der Waals surface area (Å²) in [6.45, 7) is 0. The first-order valence-corrected chi connectivity index (χ1v) is 6.87. The van der Waals surface area contributed by atoms with Gasteiger partial charge in [-0.1, -0.05) is 35.3 Å². The lowest BCUT2D eigenvalue weighted by atomic mass is 10.1. The van der Waals surface area contributed by atoms with E-state index in [4.69, 9.17) is 27.9 Å². The molecule has 2 rings (SSSR count). The number of carbonyl (C=O) groups is 2. The average molecular weight is 340 g/mol. The molecule has 0 bridgehead atoms. The van der Waals surface area contributed by atoms with Gasteiger partial charge in [0.1, 0.15) is 11.3 Å². The van der Waals surface area contributed by atoms with Crippen molar-refractivity contribution in [2.45, 2.75) is 0 Å². The van der Waals surface area contributed by atoms with Crippen LogP contribution in [0.3, 0.4) is 0 Å². The van der Waals surface area contributed by atoms with Crippen LogP contribution in [0, 0.1) is 0 Å². The first-order valence-electron chi connectivity index (χ1n) is 6.11. The number of ether oxygens (including phenoxy) is 1. The minimum Gasteiger partial charge on any atom is -0.496 e. The monoisotopic (exact) mass is 339 g/mol. The molecule has 0 aromatic heterocycles. The topological polar surface area (TPSA) is 75.6 Å². The van der Waals surface area contributed by atoms with Crippen LogP contribution in [0.25, 0.3) is 0 Å². The third kappa shape index (κ3) is 3.16. The molecule has 0 saturated heterocycles. The molecule has 0 heterocycles. The molecule has 2 N–H and O–H groups in total. The Kier molecular flexibility index (Phi) is 4.90. The van der Waals surface area contributed by atoms with E-state index in [1.165, 1.54) is 25.3 Å². The second-order valence-corrected chi connectivity index (χ2v) is 5.03. The number of carboxylic acid groups (broad SMARTS) is 1. The molecule has 0 aliphatic rings. The van der Waals surface area contributed by atoms with Crippen molar-refractivity contribution in [3.63, 3.8) is 0 Å². The summed E-state index contributed by atoms with van der Waals surface area (Å²) >= 11 is 11.9. The number of carbonyl (C=O) groups excluding carboxylic acids is 1. The normalized spacial score (nSPS) is 10.1. The first kappa shape index (κ1) is 16.1. The van der Waals surface area contributed by atoms with E-state index in [9.17, 15) is 14.7 Å². The van der Waals surface area contributed by atoms with E-state index in [1.807, 2.05) is 0 Å². The van der Waals surface area contributed by atoms with Crippen LogP contribution in [0.1, 0.15) is 20.7 Å². The zero-order chi connectivity index (χ0) is 16.3. The molecule has 0 radical (unpaired) electrons. The van der Waals surface area contributed by atoms with Crippen LogP contribution in [-0.4, -0.2) is 24.1 Å². The number of anilines is 1. The smallest absolute Gasteiger partial charge is 0.340 e. The number of halogens is 2. The van der Waals surface area contributed by atoms with Crippen molar-refractivity contribution >= 4 is 40.8 Å². The van der Waals surface area contributed by atoms with E-state index in [0.29, 0.717) is 5.69 Å². The molecule has 114 valence electrons. The van der Waals surface area contributed by atoms with Crippen LogP contribution in [0.5, 0.6) is 5.75 Å². The highest BCUT2D eigenvalue weighted by Gasteiger charge is 2.21. The molecule has 0 saturated carbocycles. The number of carboxylic acids is 1. The van der Waals surface area contributed by atoms with E-state index < -0.39 is 11.9 Å². The van der Waals surface area contributed by atoms with Gasteiger partial charge in [0.05, 0.1) is 28.4 Å². The largest absolute Gasteiger partial charge is 0.496 e. The van der Waals surface area contributed by atoms with Gasteiger partial charge in [0.25, 0.3) is 5.91 Å². The Balaban J connectivity index is 2.42. The number of rotatable bonds is 4. The third-order valence-electron chi connectivity index (χ3n) is 2.90. The molecule has 0 aliphatic heterocycles. The van der Waals surface area contributed by atoms with Crippen LogP contribution >= 0.6 is 23.2 Å². The van der Waals surface area contributed by atoms with Crippen molar-refractivity contribution < 1.29 is 19.4 Å². The van der Waals surface area contributed by atoms with Crippen molar-refractivity contribution in [1.82, 2.24) is 0 Å². The fourth-order valence-electron chi connectivity index (χ4n) is 1.90. The molecule has 0 aliphatic carbocycles. The summed E-state index contributed by atoms with van der Waals surface area (Å²) in [5.41, 5.74) is 0.0295. The van der Waals surface area contributed by atoms with E-state index in [1.54, 1.807) is 18.2 Å².